The predicted molar refractivity (Wildman–Crippen MR) is 124 cm³/mol. The van der Waals surface area contributed by atoms with Crippen LogP contribution in [0.3, 0.4) is 0 Å². The Labute approximate surface area is 204 Å². The van der Waals surface area contributed by atoms with Crippen LogP contribution in [0.15, 0.2) is 40.9 Å². The highest BCUT2D eigenvalue weighted by Gasteiger charge is 2.26. The summed E-state index contributed by atoms with van der Waals surface area (Å²) in [6, 6.07) is 6.83. The van der Waals surface area contributed by atoms with Crippen LogP contribution in [0.1, 0.15) is 33.7 Å². The molecular weight excluding hydrogens is 482 g/mol. The fraction of sp³-hybridized carbons (Fsp3) is 0.318. The number of anilines is 1. The SMILES string of the molecule is CCn1ncc(NC(=O)c2ccc(COc3cc([N+](=O)[O-])ccc3Cl)o2)c1C(=O)N1CCOCC1. The van der Waals surface area contributed by atoms with Crippen molar-refractivity contribution in [3.8, 4) is 5.75 Å². The molecule has 0 atom stereocenters. The normalized spacial score (nSPS) is 13.5. The van der Waals surface area contributed by atoms with Crippen LogP contribution in [0.5, 0.6) is 5.75 Å². The summed E-state index contributed by atoms with van der Waals surface area (Å²) in [5.74, 6) is -0.419. The second-order valence-electron chi connectivity index (χ2n) is 7.51. The number of aryl methyl sites for hydroxylation is 1. The molecule has 0 spiro atoms. The molecule has 0 bridgehead atoms. The number of non-ortho nitro benzene ring substituents is 1. The van der Waals surface area contributed by atoms with Crippen LogP contribution in [0.4, 0.5) is 11.4 Å². The molecule has 4 rings (SSSR count). The zero-order chi connectivity index (χ0) is 24.9. The van der Waals surface area contributed by atoms with Crippen molar-refractivity contribution in [1.82, 2.24) is 14.7 Å². The summed E-state index contributed by atoms with van der Waals surface area (Å²) in [7, 11) is 0. The summed E-state index contributed by atoms with van der Waals surface area (Å²) in [6.07, 6.45) is 1.42. The molecule has 0 unspecified atom stereocenters. The van der Waals surface area contributed by atoms with E-state index in [0.717, 1.165) is 0 Å². The molecule has 1 aliphatic heterocycles. The van der Waals surface area contributed by atoms with Gasteiger partial charge in [0.05, 0.1) is 41.1 Å². The van der Waals surface area contributed by atoms with E-state index in [9.17, 15) is 19.7 Å². The van der Waals surface area contributed by atoms with E-state index in [1.54, 1.807) is 4.90 Å². The summed E-state index contributed by atoms with van der Waals surface area (Å²) in [6.45, 7) is 4.00. The quantitative estimate of drug-likeness (QED) is 0.364. The van der Waals surface area contributed by atoms with Gasteiger partial charge >= 0.3 is 0 Å². The number of carbonyl (C=O) groups excluding carboxylic acids is 2. The average molecular weight is 504 g/mol. The van der Waals surface area contributed by atoms with E-state index in [2.05, 4.69) is 10.4 Å². The number of nitrogens with zero attached hydrogens (tertiary/aromatic N) is 4. The number of nitro benzene ring substituents is 1. The third-order valence-electron chi connectivity index (χ3n) is 5.27. The molecule has 0 radical (unpaired) electrons. The minimum atomic E-state index is -0.573. The molecule has 13 heteroatoms. The number of nitro groups is 1. The minimum absolute atomic E-state index is 0.0113. The summed E-state index contributed by atoms with van der Waals surface area (Å²) in [5, 5.41) is 18.0. The van der Waals surface area contributed by atoms with Gasteiger partial charge in [0.1, 0.15) is 23.8 Å². The van der Waals surface area contributed by atoms with Crippen molar-refractivity contribution in [2.45, 2.75) is 20.1 Å². The van der Waals surface area contributed by atoms with E-state index >= 15 is 0 Å². The highest BCUT2D eigenvalue weighted by Crippen LogP contribution is 2.29. The number of hydrogen-bond acceptors (Lipinski definition) is 8. The number of rotatable bonds is 8. The largest absolute Gasteiger partial charge is 0.484 e. The lowest BCUT2D eigenvalue weighted by Crippen LogP contribution is -2.41. The lowest BCUT2D eigenvalue weighted by atomic mass is 10.2. The molecule has 184 valence electrons. The van der Waals surface area contributed by atoms with Crippen molar-refractivity contribution in [1.29, 1.82) is 0 Å². The topological polar surface area (TPSA) is 142 Å². The standard InChI is InChI=1S/C22H22ClN5O7/c1-2-27-20(22(30)26-7-9-33-10-8-26)17(12-24-27)25-21(29)18-6-4-15(35-18)13-34-19-11-14(28(31)32)3-5-16(19)23/h3-6,11-12H,2,7-10,13H2,1H3,(H,25,29). The van der Waals surface area contributed by atoms with Gasteiger partial charge in [-0.05, 0) is 25.1 Å². The second kappa shape index (κ2) is 10.6. The molecule has 1 N–H and O–H groups in total. The van der Waals surface area contributed by atoms with Crippen LogP contribution in [-0.4, -0.2) is 57.7 Å². The number of halogens is 1. The van der Waals surface area contributed by atoms with Crippen molar-refractivity contribution in [3.05, 3.63) is 68.9 Å². The Morgan fingerprint density at radius 2 is 2.03 bits per heavy atom. The lowest BCUT2D eigenvalue weighted by Gasteiger charge is -2.27. The number of benzene rings is 1. The molecule has 2 amide bonds. The molecule has 1 saturated heterocycles. The number of morpholine rings is 1. The third-order valence-corrected chi connectivity index (χ3v) is 5.58. The summed E-state index contributed by atoms with van der Waals surface area (Å²) < 4.78 is 17.9. The molecule has 3 heterocycles. The monoisotopic (exact) mass is 503 g/mol. The molecule has 1 aliphatic rings. The fourth-order valence-electron chi connectivity index (χ4n) is 3.48. The van der Waals surface area contributed by atoms with Gasteiger partial charge in [-0.3, -0.25) is 24.4 Å². The number of furan rings is 1. The molecule has 2 aromatic heterocycles. The van der Waals surface area contributed by atoms with Crippen LogP contribution < -0.4 is 10.1 Å². The molecule has 0 aliphatic carbocycles. The van der Waals surface area contributed by atoms with Crippen molar-refractivity contribution in [2.24, 2.45) is 0 Å². The first-order valence-corrected chi connectivity index (χ1v) is 11.1. The van der Waals surface area contributed by atoms with Gasteiger partial charge in [0, 0.05) is 25.7 Å². The van der Waals surface area contributed by atoms with E-state index < -0.39 is 10.8 Å². The Hall–Kier alpha value is -3.90. The highest BCUT2D eigenvalue weighted by atomic mass is 35.5. The van der Waals surface area contributed by atoms with Crippen LogP contribution in [0.2, 0.25) is 5.02 Å². The smallest absolute Gasteiger partial charge is 0.291 e. The molecule has 1 fully saturated rings. The van der Waals surface area contributed by atoms with Crippen molar-refractivity contribution in [2.75, 3.05) is 31.6 Å². The van der Waals surface area contributed by atoms with Crippen molar-refractivity contribution < 1.29 is 28.4 Å². The lowest BCUT2D eigenvalue weighted by molar-refractivity contribution is -0.384. The Morgan fingerprint density at radius 1 is 1.26 bits per heavy atom. The first-order chi connectivity index (χ1) is 16.9. The van der Waals surface area contributed by atoms with Gasteiger partial charge in [-0.1, -0.05) is 11.6 Å². The first kappa shape index (κ1) is 24.2. The highest BCUT2D eigenvalue weighted by molar-refractivity contribution is 6.32. The Morgan fingerprint density at radius 3 is 2.74 bits per heavy atom. The number of nitrogens with one attached hydrogen (secondary N) is 1. The van der Waals surface area contributed by atoms with Gasteiger partial charge in [-0.15, -0.1) is 0 Å². The van der Waals surface area contributed by atoms with Crippen molar-refractivity contribution in [3.63, 3.8) is 0 Å². The van der Waals surface area contributed by atoms with Crippen LogP contribution in [0, 0.1) is 10.1 Å². The number of hydrogen-bond donors (Lipinski definition) is 1. The summed E-state index contributed by atoms with van der Waals surface area (Å²) in [5.41, 5.74) is 0.378. The van der Waals surface area contributed by atoms with Gasteiger partial charge in [-0.2, -0.15) is 5.10 Å². The maximum atomic E-state index is 13.1. The zero-order valence-electron chi connectivity index (χ0n) is 18.7. The van der Waals surface area contributed by atoms with E-state index in [1.165, 1.54) is 41.2 Å². The molecule has 0 saturated carbocycles. The van der Waals surface area contributed by atoms with Crippen LogP contribution in [0.25, 0.3) is 0 Å². The molecule has 3 aromatic rings. The van der Waals surface area contributed by atoms with Crippen LogP contribution >= 0.6 is 11.6 Å². The summed E-state index contributed by atoms with van der Waals surface area (Å²) >= 11 is 6.04. The number of ether oxygens (including phenoxy) is 2. The molecule has 12 nitrogen and oxygen atoms in total. The van der Waals surface area contributed by atoms with E-state index in [-0.39, 0.29) is 46.1 Å². The second-order valence-corrected chi connectivity index (χ2v) is 7.91. The van der Waals surface area contributed by atoms with Crippen LogP contribution in [-0.2, 0) is 17.9 Å². The maximum Gasteiger partial charge on any atom is 0.291 e. The van der Waals surface area contributed by atoms with Gasteiger partial charge in [0.2, 0.25) is 0 Å². The molecule has 35 heavy (non-hydrogen) atoms. The zero-order valence-corrected chi connectivity index (χ0v) is 19.5. The van der Waals surface area contributed by atoms with E-state index in [4.69, 9.17) is 25.5 Å². The maximum absolute atomic E-state index is 13.1. The number of amides is 2. The Kier molecular flexibility index (Phi) is 7.32. The third kappa shape index (κ3) is 5.44. The predicted octanol–water partition coefficient (Wildman–Crippen LogP) is 3.36. The van der Waals surface area contributed by atoms with Gasteiger partial charge < -0.3 is 24.1 Å². The number of aromatic nitrogens is 2. The summed E-state index contributed by atoms with van der Waals surface area (Å²) in [4.78, 5) is 37.9. The van der Waals surface area contributed by atoms with Gasteiger partial charge in [0.15, 0.2) is 5.76 Å². The van der Waals surface area contributed by atoms with Gasteiger partial charge in [-0.25, -0.2) is 0 Å². The molecular formula is C22H22ClN5O7. The average Bonchev–Trinajstić information content (AvgIpc) is 3.50. The van der Waals surface area contributed by atoms with Gasteiger partial charge in [0.25, 0.3) is 17.5 Å². The minimum Gasteiger partial charge on any atom is -0.484 e. The molecule has 1 aromatic carbocycles. The van der Waals surface area contributed by atoms with E-state index in [1.807, 2.05) is 6.92 Å². The Balaban J connectivity index is 1.44. The van der Waals surface area contributed by atoms with E-state index in [0.29, 0.717) is 38.6 Å². The van der Waals surface area contributed by atoms with Crippen molar-refractivity contribution >= 4 is 34.8 Å². The Bertz CT molecular complexity index is 1250. The first-order valence-electron chi connectivity index (χ1n) is 10.8. The number of carbonyl (C=O) groups is 2. The fourth-order valence-corrected chi connectivity index (χ4v) is 3.66.